The fourth-order valence-corrected chi connectivity index (χ4v) is 3.92. The van der Waals surface area contributed by atoms with Crippen LogP contribution in [0.5, 0.6) is 0 Å². The Balaban J connectivity index is 0.00000364. The van der Waals surface area contributed by atoms with Crippen LogP contribution < -0.4 is 4.90 Å². The molecule has 3 nitrogen and oxygen atoms in total. The molecule has 2 rings (SSSR count). The molecule has 149 valence electrons. The van der Waals surface area contributed by atoms with Gasteiger partial charge in [0.05, 0.1) is 6.10 Å². The van der Waals surface area contributed by atoms with Crippen LogP contribution in [0.4, 0.5) is 5.69 Å². The summed E-state index contributed by atoms with van der Waals surface area (Å²) in [6.07, 6.45) is 12.1. The third-order valence-electron chi connectivity index (χ3n) is 5.49. The third-order valence-corrected chi connectivity index (χ3v) is 5.49. The average molecular weight is 447 g/mol. The number of unbranched alkanes of at least 4 members (excludes halogenated alkanes) is 5. The number of aliphatic hydroxyl groups is 1. The summed E-state index contributed by atoms with van der Waals surface area (Å²) in [6, 6.07) is 8.34. The van der Waals surface area contributed by atoms with Gasteiger partial charge in [-0.05, 0) is 43.4 Å². The van der Waals surface area contributed by atoms with Gasteiger partial charge in [0.1, 0.15) is 0 Å². The average Bonchev–Trinajstić information content (AvgIpc) is 2.66. The zero-order chi connectivity index (χ0) is 18.8. The van der Waals surface area contributed by atoms with E-state index in [1.54, 1.807) is 0 Å². The first kappa shape index (κ1) is 24.8. The Morgan fingerprint density at radius 2 is 1.89 bits per heavy atom. The number of carbonyl (C=O) groups is 1. The van der Waals surface area contributed by atoms with Gasteiger partial charge in [0, 0.05) is 50.9 Å². The molecule has 4 heteroatoms. The Bertz CT molecular complexity index is 532. The van der Waals surface area contributed by atoms with Crippen molar-refractivity contribution < 1.29 is 42.6 Å². The molecule has 27 heavy (non-hydrogen) atoms. The molecular weight excluding hydrogens is 411 g/mol. The van der Waals surface area contributed by atoms with Gasteiger partial charge < -0.3 is 16.9 Å². The first-order valence-electron chi connectivity index (χ1n) is 10.6. The van der Waals surface area contributed by atoms with Crippen molar-refractivity contribution in [3.05, 3.63) is 36.8 Å². The summed E-state index contributed by atoms with van der Waals surface area (Å²) in [5.41, 5.74) is 1.95. The monoisotopic (exact) mass is 447 g/mol. The minimum atomic E-state index is -0.397. The van der Waals surface area contributed by atoms with Crippen molar-refractivity contribution in [2.75, 3.05) is 4.90 Å². The maximum Gasteiger partial charge on any atom is 0.227 e. The van der Waals surface area contributed by atoms with E-state index in [0.29, 0.717) is 12.5 Å². The Morgan fingerprint density at radius 1 is 1.15 bits per heavy atom. The molecule has 1 aliphatic rings. The third kappa shape index (κ3) is 7.95. The second kappa shape index (κ2) is 13.9. The van der Waals surface area contributed by atoms with Crippen molar-refractivity contribution in [2.24, 2.45) is 0 Å². The minimum Gasteiger partial charge on any atom is -0.388 e. The Labute approximate surface area is 191 Å². The van der Waals surface area contributed by atoms with Crippen molar-refractivity contribution in [3.63, 3.8) is 0 Å². The van der Waals surface area contributed by atoms with E-state index in [1.165, 1.54) is 19.3 Å². The number of amides is 1. The van der Waals surface area contributed by atoms with E-state index in [4.69, 9.17) is 0 Å². The number of rotatable bonds is 11. The first-order valence-corrected chi connectivity index (χ1v) is 10.6. The van der Waals surface area contributed by atoms with Gasteiger partial charge in [-0.25, -0.2) is 0 Å². The van der Waals surface area contributed by atoms with Crippen LogP contribution in [-0.4, -0.2) is 17.1 Å². The van der Waals surface area contributed by atoms with E-state index in [9.17, 15) is 9.90 Å². The maximum absolute atomic E-state index is 12.6. The number of carbonyl (C=O) groups excluding carboxylic acids is 1. The fraction of sp³-hybridized carbons (Fsp3) is 0.652. The molecule has 2 atom stereocenters. The predicted molar refractivity (Wildman–Crippen MR) is 109 cm³/mol. The zero-order valence-electron chi connectivity index (χ0n) is 17.0. The molecule has 1 amide bonds. The van der Waals surface area contributed by atoms with Crippen LogP contribution in [0.3, 0.4) is 0 Å². The molecule has 1 saturated heterocycles. The maximum atomic E-state index is 12.6. The van der Waals surface area contributed by atoms with Gasteiger partial charge in [-0.3, -0.25) is 4.79 Å². The molecule has 1 heterocycles. The molecule has 1 fully saturated rings. The molecule has 1 aromatic carbocycles. The van der Waals surface area contributed by atoms with E-state index >= 15 is 0 Å². The summed E-state index contributed by atoms with van der Waals surface area (Å²) < 4.78 is 0. The molecular formula is C23H36NO2Y-. The summed E-state index contributed by atoms with van der Waals surface area (Å²) in [4.78, 5) is 14.6. The second-order valence-corrected chi connectivity index (χ2v) is 7.62. The zero-order valence-corrected chi connectivity index (χ0v) is 19.9. The van der Waals surface area contributed by atoms with Gasteiger partial charge in [0.15, 0.2) is 0 Å². The van der Waals surface area contributed by atoms with Crippen molar-refractivity contribution >= 4 is 11.6 Å². The first-order chi connectivity index (χ1) is 12.7. The Hall–Kier alpha value is -0.246. The number of hydrogen-bond acceptors (Lipinski definition) is 2. The molecule has 0 aromatic heterocycles. The van der Waals surface area contributed by atoms with Crippen LogP contribution in [0.2, 0.25) is 0 Å². The van der Waals surface area contributed by atoms with Gasteiger partial charge >= 0.3 is 0 Å². The van der Waals surface area contributed by atoms with Crippen molar-refractivity contribution in [1.82, 2.24) is 0 Å². The molecule has 0 bridgehead atoms. The van der Waals surface area contributed by atoms with E-state index in [2.05, 4.69) is 13.8 Å². The van der Waals surface area contributed by atoms with Crippen LogP contribution >= 0.6 is 0 Å². The van der Waals surface area contributed by atoms with Gasteiger partial charge in [-0.15, -0.1) is 0 Å². The normalized spacial score (nSPS) is 18.3. The largest absolute Gasteiger partial charge is 0.388 e. The number of aliphatic hydroxyl groups excluding tert-OH is 1. The number of hydrogen-bond donors (Lipinski definition) is 1. The second-order valence-electron chi connectivity index (χ2n) is 7.62. The number of piperidine rings is 1. The molecule has 1 aliphatic heterocycles. The molecule has 1 N–H and O–H groups in total. The van der Waals surface area contributed by atoms with E-state index in [-0.39, 0.29) is 38.6 Å². The molecule has 2 unspecified atom stereocenters. The standard InChI is InChI=1S/C23H36NO2.Y/c1-3-5-7-9-11-20-12-10-14-23(26)24(20)21-17-15-19(16-18-21)22(25)13-8-6-4-2;/h15-18,20,22,25H,1,3-14H2,2H3;/q-1;. The van der Waals surface area contributed by atoms with Crippen LogP contribution in [0.25, 0.3) is 0 Å². The van der Waals surface area contributed by atoms with Crippen molar-refractivity contribution in [1.29, 1.82) is 0 Å². The fourth-order valence-electron chi connectivity index (χ4n) is 3.92. The predicted octanol–water partition coefficient (Wildman–Crippen LogP) is 5.97. The van der Waals surface area contributed by atoms with Gasteiger partial charge in [0.25, 0.3) is 0 Å². The molecule has 1 radical (unpaired) electrons. The van der Waals surface area contributed by atoms with Crippen LogP contribution in [0.15, 0.2) is 24.3 Å². The summed E-state index contributed by atoms with van der Waals surface area (Å²) in [5, 5.41) is 10.3. The molecule has 0 saturated carbocycles. The Kier molecular flexibility index (Phi) is 12.7. The summed E-state index contributed by atoms with van der Waals surface area (Å²) in [7, 11) is 0. The van der Waals surface area contributed by atoms with Gasteiger partial charge in [-0.1, -0.05) is 57.6 Å². The van der Waals surface area contributed by atoms with Gasteiger partial charge in [0.2, 0.25) is 5.91 Å². The molecule has 0 spiro atoms. The smallest absolute Gasteiger partial charge is 0.227 e. The topological polar surface area (TPSA) is 40.5 Å². The van der Waals surface area contributed by atoms with E-state index < -0.39 is 6.10 Å². The van der Waals surface area contributed by atoms with Crippen LogP contribution in [0.1, 0.15) is 95.6 Å². The van der Waals surface area contributed by atoms with E-state index in [1.807, 2.05) is 29.2 Å². The Morgan fingerprint density at radius 3 is 2.56 bits per heavy atom. The van der Waals surface area contributed by atoms with Crippen molar-refractivity contribution in [2.45, 2.75) is 96.1 Å². The SMILES string of the molecule is [CH2-]CCCCCC1CCCC(=O)N1c1ccc(C(O)CCCCC)cc1.[Y]. The minimum absolute atomic E-state index is 0. The summed E-state index contributed by atoms with van der Waals surface area (Å²) in [5.74, 6) is 0.245. The van der Waals surface area contributed by atoms with Crippen LogP contribution in [0, 0.1) is 6.92 Å². The molecule has 1 aromatic rings. The van der Waals surface area contributed by atoms with Crippen molar-refractivity contribution in [3.8, 4) is 0 Å². The summed E-state index contributed by atoms with van der Waals surface area (Å²) in [6.45, 7) is 6.08. The van der Waals surface area contributed by atoms with E-state index in [0.717, 1.165) is 62.6 Å². The summed E-state index contributed by atoms with van der Waals surface area (Å²) >= 11 is 0. The quantitative estimate of drug-likeness (QED) is 0.336. The number of benzene rings is 1. The number of nitrogens with zero attached hydrogens (tertiary/aromatic N) is 1. The van der Waals surface area contributed by atoms with Gasteiger partial charge in [-0.2, -0.15) is 6.42 Å². The van der Waals surface area contributed by atoms with Crippen LogP contribution in [-0.2, 0) is 37.5 Å². The number of anilines is 1. The molecule has 0 aliphatic carbocycles.